The Bertz CT molecular complexity index is 629. The van der Waals surface area contributed by atoms with Crippen LogP contribution in [-0.4, -0.2) is 43.5 Å². The quantitative estimate of drug-likeness (QED) is 0.850. The molecule has 23 heavy (non-hydrogen) atoms. The molecule has 0 radical (unpaired) electrons. The van der Waals surface area contributed by atoms with E-state index in [1.165, 1.54) is 0 Å². The first kappa shape index (κ1) is 17.0. The van der Waals surface area contributed by atoms with Gasteiger partial charge in [0.2, 0.25) is 5.91 Å². The summed E-state index contributed by atoms with van der Waals surface area (Å²) < 4.78 is 5.21. The van der Waals surface area contributed by atoms with Crippen LogP contribution in [0.15, 0.2) is 48.8 Å². The van der Waals surface area contributed by atoms with Gasteiger partial charge >= 0.3 is 0 Å². The largest absolute Gasteiger partial charge is 0.497 e. The molecule has 1 N–H and O–H groups in total. The van der Waals surface area contributed by atoms with Crippen molar-refractivity contribution in [1.29, 1.82) is 0 Å². The van der Waals surface area contributed by atoms with Crippen molar-refractivity contribution < 1.29 is 9.53 Å². The van der Waals surface area contributed by atoms with Crippen molar-refractivity contribution in [3.8, 4) is 5.75 Å². The SMILES string of the molecule is COc1cccc(CCNC(=O)C(c2cccnc2)N(C)C)c1. The first-order valence-electron chi connectivity index (χ1n) is 7.59. The van der Waals surface area contributed by atoms with Crippen molar-refractivity contribution in [3.63, 3.8) is 0 Å². The maximum atomic E-state index is 12.5. The molecule has 0 saturated carbocycles. The Morgan fingerprint density at radius 2 is 2.13 bits per heavy atom. The van der Waals surface area contributed by atoms with Crippen LogP contribution in [0.2, 0.25) is 0 Å². The van der Waals surface area contributed by atoms with E-state index < -0.39 is 0 Å². The number of nitrogens with zero attached hydrogens (tertiary/aromatic N) is 2. The topological polar surface area (TPSA) is 54.5 Å². The number of nitrogens with one attached hydrogen (secondary N) is 1. The highest BCUT2D eigenvalue weighted by Gasteiger charge is 2.22. The van der Waals surface area contributed by atoms with E-state index in [1.54, 1.807) is 19.5 Å². The molecule has 1 amide bonds. The fourth-order valence-corrected chi connectivity index (χ4v) is 2.48. The van der Waals surface area contributed by atoms with Crippen LogP contribution < -0.4 is 10.1 Å². The molecule has 0 fully saturated rings. The lowest BCUT2D eigenvalue weighted by Gasteiger charge is -2.23. The van der Waals surface area contributed by atoms with Gasteiger partial charge in [-0.3, -0.25) is 14.7 Å². The number of likely N-dealkylation sites (N-methyl/N-ethyl adjacent to an activating group) is 1. The van der Waals surface area contributed by atoms with Gasteiger partial charge in [0.1, 0.15) is 11.8 Å². The molecular formula is C18H23N3O2. The minimum absolute atomic E-state index is 0.0223. The van der Waals surface area contributed by atoms with Gasteiger partial charge in [-0.25, -0.2) is 0 Å². The molecule has 2 aromatic rings. The Morgan fingerprint density at radius 3 is 2.78 bits per heavy atom. The second kappa shape index (κ2) is 8.29. The molecule has 0 bridgehead atoms. The number of hydrogen-bond donors (Lipinski definition) is 1. The van der Waals surface area contributed by atoms with Crippen LogP contribution in [0.4, 0.5) is 0 Å². The molecule has 2 rings (SSSR count). The lowest BCUT2D eigenvalue weighted by atomic mass is 10.1. The zero-order valence-corrected chi connectivity index (χ0v) is 13.8. The zero-order chi connectivity index (χ0) is 16.7. The summed E-state index contributed by atoms with van der Waals surface area (Å²) in [4.78, 5) is 18.5. The predicted octanol–water partition coefficient (Wildman–Crippen LogP) is 2.05. The molecule has 122 valence electrons. The van der Waals surface area contributed by atoms with Gasteiger partial charge in [-0.1, -0.05) is 18.2 Å². The van der Waals surface area contributed by atoms with E-state index in [9.17, 15) is 4.79 Å². The molecule has 0 saturated heterocycles. The number of aromatic nitrogens is 1. The van der Waals surface area contributed by atoms with Crippen LogP contribution in [0.5, 0.6) is 5.75 Å². The number of ether oxygens (including phenoxy) is 1. The average Bonchev–Trinajstić information content (AvgIpc) is 2.56. The molecule has 1 aromatic heterocycles. The predicted molar refractivity (Wildman–Crippen MR) is 90.4 cm³/mol. The maximum absolute atomic E-state index is 12.5. The van der Waals surface area contributed by atoms with Gasteiger partial charge in [-0.15, -0.1) is 0 Å². The Kier molecular flexibility index (Phi) is 6.11. The van der Waals surface area contributed by atoms with Crippen LogP contribution in [0.1, 0.15) is 17.2 Å². The Hall–Kier alpha value is -2.40. The van der Waals surface area contributed by atoms with Gasteiger partial charge in [-0.05, 0) is 49.8 Å². The monoisotopic (exact) mass is 313 g/mol. The second-order valence-electron chi connectivity index (χ2n) is 5.55. The van der Waals surface area contributed by atoms with Crippen molar-refractivity contribution in [3.05, 3.63) is 59.9 Å². The average molecular weight is 313 g/mol. The summed E-state index contributed by atoms with van der Waals surface area (Å²) in [6.45, 7) is 0.580. The van der Waals surface area contributed by atoms with Gasteiger partial charge in [0.05, 0.1) is 7.11 Å². The van der Waals surface area contributed by atoms with E-state index >= 15 is 0 Å². The summed E-state index contributed by atoms with van der Waals surface area (Å²) >= 11 is 0. The fourth-order valence-electron chi connectivity index (χ4n) is 2.48. The molecule has 1 aromatic carbocycles. The summed E-state index contributed by atoms with van der Waals surface area (Å²) in [6.07, 6.45) is 4.19. The van der Waals surface area contributed by atoms with E-state index in [0.717, 1.165) is 23.3 Å². The van der Waals surface area contributed by atoms with Gasteiger partial charge in [-0.2, -0.15) is 0 Å². The third-order valence-corrected chi connectivity index (χ3v) is 3.61. The molecule has 1 unspecified atom stereocenters. The molecule has 0 aliphatic rings. The van der Waals surface area contributed by atoms with E-state index in [1.807, 2.05) is 55.4 Å². The van der Waals surface area contributed by atoms with Crippen LogP contribution in [0, 0.1) is 0 Å². The summed E-state index contributed by atoms with van der Waals surface area (Å²) in [5.41, 5.74) is 2.02. The van der Waals surface area contributed by atoms with Gasteiger partial charge in [0.25, 0.3) is 0 Å². The lowest BCUT2D eigenvalue weighted by molar-refractivity contribution is -0.125. The molecule has 1 atom stereocenters. The summed E-state index contributed by atoms with van der Waals surface area (Å²) in [5.74, 6) is 0.807. The summed E-state index contributed by atoms with van der Waals surface area (Å²) in [6, 6.07) is 11.3. The Balaban J connectivity index is 1.94. The van der Waals surface area contributed by atoms with E-state index in [0.29, 0.717) is 6.54 Å². The highest BCUT2D eigenvalue weighted by molar-refractivity contribution is 5.83. The Morgan fingerprint density at radius 1 is 1.30 bits per heavy atom. The number of pyridine rings is 1. The summed E-state index contributed by atoms with van der Waals surface area (Å²) in [7, 11) is 5.43. The zero-order valence-electron chi connectivity index (χ0n) is 13.8. The van der Waals surface area contributed by atoms with Crippen LogP contribution in [-0.2, 0) is 11.2 Å². The number of hydrogen-bond acceptors (Lipinski definition) is 4. The third-order valence-electron chi connectivity index (χ3n) is 3.61. The van der Waals surface area contributed by atoms with Gasteiger partial charge in [0, 0.05) is 18.9 Å². The van der Waals surface area contributed by atoms with Crippen LogP contribution >= 0.6 is 0 Å². The van der Waals surface area contributed by atoms with E-state index in [-0.39, 0.29) is 11.9 Å². The Labute approximate surface area is 137 Å². The molecule has 1 heterocycles. The number of rotatable bonds is 7. The summed E-state index contributed by atoms with van der Waals surface area (Å²) in [5, 5.41) is 3.00. The smallest absolute Gasteiger partial charge is 0.242 e. The van der Waals surface area contributed by atoms with Crippen LogP contribution in [0.25, 0.3) is 0 Å². The minimum Gasteiger partial charge on any atom is -0.497 e. The van der Waals surface area contributed by atoms with Gasteiger partial charge < -0.3 is 10.1 Å². The highest BCUT2D eigenvalue weighted by atomic mass is 16.5. The first-order chi connectivity index (χ1) is 11.1. The molecule has 0 aliphatic carbocycles. The minimum atomic E-state index is -0.339. The number of carbonyl (C=O) groups is 1. The molecule has 5 heteroatoms. The molecule has 5 nitrogen and oxygen atoms in total. The van der Waals surface area contributed by atoms with Crippen molar-refractivity contribution in [2.24, 2.45) is 0 Å². The second-order valence-corrected chi connectivity index (χ2v) is 5.55. The number of carbonyl (C=O) groups excluding carboxylic acids is 1. The molecular weight excluding hydrogens is 290 g/mol. The third kappa shape index (κ3) is 4.79. The number of benzene rings is 1. The van der Waals surface area contributed by atoms with Gasteiger partial charge in [0.15, 0.2) is 0 Å². The van der Waals surface area contributed by atoms with Crippen molar-refractivity contribution in [2.45, 2.75) is 12.5 Å². The fraction of sp³-hybridized carbons (Fsp3) is 0.333. The highest BCUT2D eigenvalue weighted by Crippen LogP contribution is 2.17. The van der Waals surface area contributed by atoms with E-state index in [4.69, 9.17) is 4.74 Å². The van der Waals surface area contributed by atoms with Crippen molar-refractivity contribution >= 4 is 5.91 Å². The lowest BCUT2D eigenvalue weighted by Crippen LogP contribution is -2.38. The van der Waals surface area contributed by atoms with E-state index in [2.05, 4.69) is 10.3 Å². The standard InChI is InChI=1S/C18H23N3O2/c1-21(2)17(15-7-5-10-19-13-15)18(22)20-11-9-14-6-4-8-16(12-14)23-3/h4-8,10,12-13,17H,9,11H2,1-3H3,(H,20,22). The van der Waals surface area contributed by atoms with Crippen molar-refractivity contribution in [1.82, 2.24) is 15.2 Å². The number of methoxy groups -OCH3 is 1. The maximum Gasteiger partial charge on any atom is 0.242 e. The normalized spacial score (nSPS) is 12.0. The first-order valence-corrected chi connectivity index (χ1v) is 7.59. The van der Waals surface area contributed by atoms with Crippen molar-refractivity contribution in [2.75, 3.05) is 27.7 Å². The molecule has 0 aliphatic heterocycles. The molecule has 0 spiro atoms. The number of amides is 1. The van der Waals surface area contributed by atoms with Crippen LogP contribution in [0.3, 0.4) is 0 Å².